The molecule has 2 aliphatic rings. The van der Waals surface area contributed by atoms with Crippen molar-refractivity contribution >= 4 is 0 Å². The SMILES string of the molecule is COC1=CC2=C(CC=C1)CCC(N)C2. The second kappa shape index (κ2) is 4.01. The van der Waals surface area contributed by atoms with Gasteiger partial charge in [-0.2, -0.15) is 0 Å². The Labute approximate surface area is 85.1 Å². The smallest absolute Gasteiger partial charge is 0.118 e. The summed E-state index contributed by atoms with van der Waals surface area (Å²) in [6.07, 6.45) is 10.7. The van der Waals surface area contributed by atoms with Gasteiger partial charge in [-0.25, -0.2) is 0 Å². The molecule has 0 fully saturated rings. The van der Waals surface area contributed by atoms with Crippen LogP contribution in [0.15, 0.2) is 35.1 Å². The van der Waals surface area contributed by atoms with Gasteiger partial charge in [-0.05, 0) is 43.4 Å². The van der Waals surface area contributed by atoms with Crippen LogP contribution in [0.4, 0.5) is 0 Å². The van der Waals surface area contributed by atoms with Crippen LogP contribution in [-0.4, -0.2) is 13.2 Å². The van der Waals surface area contributed by atoms with Crippen molar-refractivity contribution in [2.75, 3.05) is 7.11 Å². The Morgan fingerprint density at radius 1 is 1.50 bits per heavy atom. The van der Waals surface area contributed by atoms with E-state index in [2.05, 4.69) is 12.2 Å². The summed E-state index contributed by atoms with van der Waals surface area (Å²) in [4.78, 5) is 0. The molecule has 0 amide bonds. The zero-order chi connectivity index (χ0) is 9.97. The van der Waals surface area contributed by atoms with Gasteiger partial charge in [0.05, 0.1) is 7.11 Å². The highest BCUT2D eigenvalue weighted by atomic mass is 16.5. The van der Waals surface area contributed by atoms with Crippen LogP contribution in [0.2, 0.25) is 0 Å². The number of ether oxygens (including phenoxy) is 1. The molecule has 1 unspecified atom stereocenters. The molecule has 0 bridgehead atoms. The summed E-state index contributed by atoms with van der Waals surface area (Å²) in [5.74, 6) is 0.948. The van der Waals surface area contributed by atoms with E-state index in [4.69, 9.17) is 10.5 Å². The topological polar surface area (TPSA) is 35.2 Å². The Kier molecular flexibility index (Phi) is 2.73. The van der Waals surface area contributed by atoms with Crippen molar-refractivity contribution in [2.45, 2.75) is 31.7 Å². The molecule has 0 aromatic rings. The maximum atomic E-state index is 5.95. The van der Waals surface area contributed by atoms with Gasteiger partial charge in [-0.1, -0.05) is 11.6 Å². The predicted molar refractivity (Wildman–Crippen MR) is 57.7 cm³/mol. The van der Waals surface area contributed by atoms with Gasteiger partial charge < -0.3 is 10.5 Å². The maximum absolute atomic E-state index is 5.95. The molecule has 2 N–H and O–H groups in total. The Balaban J connectivity index is 2.27. The van der Waals surface area contributed by atoms with Crippen molar-refractivity contribution < 1.29 is 4.74 Å². The maximum Gasteiger partial charge on any atom is 0.118 e. The number of nitrogens with two attached hydrogens (primary N) is 1. The largest absolute Gasteiger partial charge is 0.497 e. The van der Waals surface area contributed by atoms with Gasteiger partial charge in [0.2, 0.25) is 0 Å². The first kappa shape index (κ1) is 9.53. The summed E-state index contributed by atoms with van der Waals surface area (Å²) in [6.45, 7) is 0. The Morgan fingerprint density at radius 2 is 2.36 bits per heavy atom. The lowest BCUT2D eigenvalue weighted by molar-refractivity contribution is 0.306. The summed E-state index contributed by atoms with van der Waals surface area (Å²) < 4.78 is 5.25. The van der Waals surface area contributed by atoms with Crippen molar-refractivity contribution in [3.05, 3.63) is 35.1 Å². The van der Waals surface area contributed by atoms with E-state index in [1.54, 1.807) is 7.11 Å². The predicted octanol–water partition coefficient (Wildman–Crippen LogP) is 2.28. The minimum absolute atomic E-state index is 0.334. The van der Waals surface area contributed by atoms with Gasteiger partial charge in [-0.3, -0.25) is 0 Å². The highest BCUT2D eigenvalue weighted by Crippen LogP contribution is 2.30. The molecule has 2 rings (SSSR count). The van der Waals surface area contributed by atoms with Crippen molar-refractivity contribution in [3.8, 4) is 0 Å². The molecule has 2 nitrogen and oxygen atoms in total. The van der Waals surface area contributed by atoms with E-state index in [9.17, 15) is 0 Å². The van der Waals surface area contributed by atoms with Gasteiger partial charge >= 0.3 is 0 Å². The Bertz CT molecular complexity index is 312. The van der Waals surface area contributed by atoms with Gasteiger partial charge in [0.15, 0.2) is 0 Å². The molecule has 0 saturated carbocycles. The first-order valence-corrected chi connectivity index (χ1v) is 5.18. The fourth-order valence-corrected chi connectivity index (χ4v) is 2.11. The summed E-state index contributed by atoms with van der Waals surface area (Å²) in [6, 6.07) is 0.334. The lowest BCUT2D eigenvalue weighted by atomic mass is 9.87. The summed E-state index contributed by atoms with van der Waals surface area (Å²) >= 11 is 0. The number of methoxy groups -OCH3 is 1. The molecule has 0 aliphatic heterocycles. The summed E-state index contributed by atoms with van der Waals surface area (Å²) in [5.41, 5.74) is 8.89. The fraction of sp³-hybridized carbons (Fsp3) is 0.500. The highest BCUT2D eigenvalue weighted by Gasteiger charge is 2.17. The summed E-state index contributed by atoms with van der Waals surface area (Å²) in [7, 11) is 1.71. The number of hydrogen-bond acceptors (Lipinski definition) is 2. The second-order valence-corrected chi connectivity index (χ2v) is 3.99. The molecule has 0 aromatic carbocycles. The Morgan fingerprint density at radius 3 is 3.14 bits per heavy atom. The van der Waals surface area contributed by atoms with E-state index < -0.39 is 0 Å². The monoisotopic (exact) mass is 191 g/mol. The zero-order valence-electron chi connectivity index (χ0n) is 8.62. The Hall–Kier alpha value is -1.02. The van der Waals surface area contributed by atoms with E-state index in [1.807, 2.05) is 6.08 Å². The van der Waals surface area contributed by atoms with Crippen LogP contribution in [0.5, 0.6) is 0 Å². The van der Waals surface area contributed by atoms with E-state index in [1.165, 1.54) is 11.1 Å². The van der Waals surface area contributed by atoms with Crippen molar-refractivity contribution in [2.24, 2.45) is 5.73 Å². The van der Waals surface area contributed by atoms with Crippen LogP contribution in [0.1, 0.15) is 25.7 Å². The standard InChI is InChI=1S/C12H17NO/c1-14-12-4-2-3-9-5-6-11(13)7-10(9)8-12/h2,4,8,11H,3,5-7,13H2,1H3. The molecular formula is C12H17NO. The normalized spacial score (nSPS) is 26.7. The number of hydrogen-bond donors (Lipinski definition) is 1. The molecule has 76 valence electrons. The molecule has 0 heterocycles. The molecule has 2 heteroatoms. The van der Waals surface area contributed by atoms with Crippen LogP contribution in [0.3, 0.4) is 0 Å². The molecule has 1 atom stereocenters. The average molecular weight is 191 g/mol. The number of allylic oxidation sites excluding steroid dienone is 4. The van der Waals surface area contributed by atoms with E-state index in [0.717, 1.165) is 31.4 Å². The lowest BCUT2D eigenvalue weighted by Crippen LogP contribution is -2.24. The van der Waals surface area contributed by atoms with Crippen LogP contribution < -0.4 is 5.73 Å². The van der Waals surface area contributed by atoms with Crippen molar-refractivity contribution in [3.63, 3.8) is 0 Å². The van der Waals surface area contributed by atoms with Crippen LogP contribution >= 0.6 is 0 Å². The van der Waals surface area contributed by atoms with Gasteiger partial charge in [0.25, 0.3) is 0 Å². The molecule has 0 spiro atoms. The lowest BCUT2D eigenvalue weighted by Gasteiger charge is -2.22. The van der Waals surface area contributed by atoms with Crippen molar-refractivity contribution in [1.82, 2.24) is 0 Å². The summed E-state index contributed by atoms with van der Waals surface area (Å²) in [5, 5.41) is 0. The van der Waals surface area contributed by atoms with Crippen LogP contribution in [0.25, 0.3) is 0 Å². The fourth-order valence-electron chi connectivity index (χ4n) is 2.11. The minimum atomic E-state index is 0.334. The molecule has 14 heavy (non-hydrogen) atoms. The first-order chi connectivity index (χ1) is 6.79. The van der Waals surface area contributed by atoms with E-state index >= 15 is 0 Å². The second-order valence-electron chi connectivity index (χ2n) is 3.99. The third kappa shape index (κ3) is 1.90. The van der Waals surface area contributed by atoms with Crippen LogP contribution in [0, 0.1) is 0 Å². The third-order valence-corrected chi connectivity index (χ3v) is 2.95. The minimum Gasteiger partial charge on any atom is -0.497 e. The highest BCUT2D eigenvalue weighted by molar-refractivity contribution is 5.37. The first-order valence-electron chi connectivity index (χ1n) is 5.18. The third-order valence-electron chi connectivity index (χ3n) is 2.95. The van der Waals surface area contributed by atoms with Gasteiger partial charge in [0, 0.05) is 6.04 Å². The van der Waals surface area contributed by atoms with E-state index in [0.29, 0.717) is 6.04 Å². The average Bonchev–Trinajstić information content (AvgIpc) is 2.38. The molecular weight excluding hydrogens is 174 g/mol. The molecule has 0 saturated heterocycles. The van der Waals surface area contributed by atoms with Gasteiger partial charge in [-0.15, -0.1) is 0 Å². The zero-order valence-corrected chi connectivity index (χ0v) is 8.62. The van der Waals surface area contributed by atoms with E-state index in [-0.39, 0.29) is 0 Å². The van der Waals surface area contributed by atoms with Gasteiger partial charge in [0.1, 0.15) is 5.76 Å². The molecule has 0 radical (unpaired) electrons. The molecule has 0 aromatic heterocycles. The number of rotatable bonds is 1. The molecule has 2 aliphatic carbocycles. The van der Waals surface area contributed by atoms with Crippen molar-refractivity contribution in [1.29, 1.82) is 0 Å². The van der Waals surface area contributed by atoms with Crippen LogP contribution in [-0.2, 0) is 4.74 Å². The quantitative estimate of drug-likeness (QED) is 0.690.